The zero-order chi connectivity index (χ0) is 19.4. The Kier molecular flexibility index (Phi) is 5.77. The molecule has 0 heterocycles. The predicted octanol–water partition coefficient (Wildman–Crippen LogP) is 4.41. The van der Waals surface area contributed by atoms with Crippen LogP contribution in [0.4, 0.5) is 5.69 Å². The molecule has 140 valence electrons. The third kappa shape index (κ3) is 4.47. The van der Waals surface area contributed by atoms with Gasteiger partial charge in [0, 0.05) is 23.8 Å². The Bertz CT molecular complexity index is 944. The second kappa shape index (κ2) is 8.23. The lowest BCUT2D eigenvalue weighted by Gasteiger charge is -2.19. The van der Waals surface area contributed by atoms with Gasteiger partial charge in [-0.3, -0.25) is 4.79 Å². The van der Waals surface area contributed by atoms with E-state index in [4.69, 9.17) is 5.73 Å². The number of amides is 1. The van der Waals surface area contributed by atoms with E-state index in [0.717, 1.165) is 16.5 Å². The number of nitrogens with one attached hydrogen (secondary N) is 2. The molecule has 0 aliphatic heterocycles. The normalized spacial score (nSPS) is 12.3. The van der Waals surface area contributed by atoms with Crippen molar-refractivity contribution in [2.24, 2.45) is 0 Å². The minimum absolute atomic E-state index is 0.108. The highest BCUT2D eigenvalue weighted by atomic mass is 16.1. The number of fused-ring (bicyclic) bond motifs is 1. The minimum atomic E-state index is -0.115. The fraction of sp³-hybridized carbons (Fsp3) is 0.261. The Morgan fingerprint density at radius 3 is 2.52 bits per heavy atom. The second-order valence-corrected chi connectivity index (χ2v) is 7.22. The van der Waals surface area contributed by atoms with E-state index >= 15 is 0 Å². The molecule has 0 saturated carbocycles. The van der Waals surface area contributed by atoms with E-state index in [-0.39, 0.29) is 11.9 Å². The summed E-state index contributed by atoms with van der Waals surface area (Å²) >= 11 is 0. The summed E-state index contributed by atoms with van der Waals surface area (Å²) in [7, 11) is 0. The maximum Gasteiger partial charge on any atom is 0.252 e. The zero-order valence-electron chi connectivity index (χ0n) is 16.1. The lowest BCUT2D eigenvalue weighted by Crippen LogP contribution is -2.29. The number of carbonyl (C=O) groups excluding carboxylic acids is 1. The van der Waals surface area contributed by atoms with Crippen molar-refractivity contribution in [2.75, 3.05) is 5.73 Å². The van der Waals surface area contributed by atoms with Crippen LogP contribution in [0.3, 0.4) is 0 Å². The highest BCUT2D eigenvalue weighted by Gasteiger charge is 2.17. The first kappa shape index (κ1) is 18.9. The highest BCUT2D eigenvalue weighted by Crippen LogP contribution is 2.25. The number of carbonyl (C=O) groups is 1. The molecule has 3 aromatic rings. The van der Waals surface area contributed by atoms with Gasteiger partial charge in [0.1, 0.15) is 0 Å². The van der Waals surface area contributed by atoms with E-state index in [1.807, 2.05) is 37.3 Å². The summed E-state index contributed by atoms with van der Waals surface area (Å²) in [6.45, 7) is 6.81. The summed E-state index contributed by atoms with van der Waals surface area (Å²) < 4.78 is 0. The van der Waals surface area contributed by atoms with Crippen molar-refractivity contribution in [1.29, 1.82) is 0 Å². The summed E-state index contributed by atoms with van der Waals surface area (Å²) in [4.78, 5) is 13.0. The number of benzene rings is 3. The summed E-state index contributed by atoms with van der Waals surface area (Å²) in [5, 5.41) is 8.83. The summed E-state index contributed by atoms with van der Waals surface area (Å²) in [5.41, 5.74) is 9.20. The molecule has 1 amide bonds. The van der Waals surface area contributed by atoms with Gasteiger partial charge in [-0.25, -0.2) is 0 Å². The van der Waals surface area contributed by atoms with Gasteiger partial charge in [0.25, 0.3) is 5.91 Å². The summed E-state index contributed by atoms with van der Waals surface area (Å²) in [6.07, 6.45) is 0. The molecule has 0 radical (unpaired) electrons. The Morgan fingerprint density at radius 1 is 1.00 bits per heavy atom. The standard InChI is InChI=1S/C23H27N3O/c1-15(2)25-14-18-11-12-19(24)13-22(18)23(27)26-16(3)20-10-6-8-17-7-4-5-9-21(17)20/h4-13,15-16,25H,14,24H2,1-3H3,(H,26,27)/t16-/m1/s1. The van der Waals surface area contributed by atoms with Crippen molar-refractivity contribution >= 4 is 22.4 Å². The van der Waals surface area contributed by atoms with Gasteiger partial charge in [0.15, 0.2) is 0 Å². The van der Waals surface area contributed by atoms with Crippen LogP contribution in [0.15, 0.2) is 60.7 Å². The van der Waals surface area contributed by atoms with Crippen LogP contribution in [0, 0.1) is 0 Å². The van der Waals surface area contributed by atoms with Gasteiger partial charge in [-0.15, -0.1) is 0 Å². The average Bonchev–Trinajstić information content (AvgIpc) is 2.66. The van der Waals surface area contributed by atoms with Gasteiger partial charge in [0.05, 0.1) is 6.04 Å². The molecule has 4 N–H and O–H groups in total. The van der Waals surface area contributed by atoms with E-state index in [0.29, 0.717) is 23.8 Å². The molecule has 1 atom stereocenters. The second-order valence-electron chi connectivity index (χ2n) is 7.22. The molecule has 0 fully saturated rings. The van der Waals surface area contributed by atoms with Gasteiger partial charge >= 0.3 is 0 Å². The number of nitrogen functional groups attached to an aromatic ring is 1. The molecule has 4 nitrogen and oxygen atoms in total. The lowest BCUT2D eigenvalue weighted by atomic mass is 9.99. The Hall–Kier alpha value is -2.85. The zero-order valence-corrected chi connectivity index (χ0v) is 16.1. The largest absolute Gasteiger partial charge is 0.399 e. The van der Waals surface area contributed by atoms with E-state index in [9.17, 15) is 4.79 Å². The van der Waals surface area contributed by atoms with Gasteiger partial charge in [-0.1, -0.05) is 62.4 Å². The molecular formula is C23H27N3O. The van der Waals surface area contributed by atoms with Crippen LogP contribution in [0.2, 0.25) is 0 Å². The SMILES string of the molecule is CC(C)NCc1ccc(N)cc1C(=O)N[C@H](C)c1cccc2ccccc12. The first-order valence-corrected chi connectivity index (χ1v) is 9.36. The van der Waals surface area contributed by atoms with Crippen LogP contribution in [0.25, 0.3) is 10.8 Å². The molecule has 0 saturated heterocycles. The van der Waals surface area contributed by atoms with Crippen LogP contribution in [0.1, 0.15) is 48.3 Å². The van der Waals surface area contributed by atoms with Crippen LogP contribution in [-0.2, 0) is 6.54 Å². The van der Waals surface area contributed by atoms with E-state index in [1.165, 1.54) is 5.39 Å². The molecule has 4 heteroatoms. The monoisotopic (exact) mass is 361 g/mol. The minimum Gasteiger partial charge on any atom is -0.399 e. The van der Waals surface area contributed by atoms with Gasteiger partial charge in [0.2, 0.25) is 0 Å². The van der Waals surface area contributed by atoms with Crippen molar-refractivity contribution in [3.63, 3.8) is 0 Å². The number of rotatable bonds is 6. The Labute approximate surface area is 160 Å². The number of anilines is 1. The summed E-state index contributed by atoms with van der Waals surface area (Å²) in [5.74, 6) is -0.108. The van der Waals surface area contributed by atoms with Gasteiger partial charge in [-0.05, 0) is 41.0 Å². The number of hydrogen-bond donors (Lipinski definition) is 3. The van der Waals surface area contributed by atoms with Gasteiger partial charge in [-0.2, -0.15) is 0 Å². The first-order valence-electron chi connectivity index (χ1n) is 9.36. The van der Waals surface area contributed by atoms with Gasteiger partial charge < -0.3 is 16.4 Å². The smallest absolute Gasteiger partial charge is 0.252 e. The Balaban J connectivity index is 1.85. The van der Waals surface area contributed by atoms with Crippen LogP contribution >= 0.6 is 0 Å². The third-order valence-corrected chi connectivity index (χ3v) is 4.72. The molecule has 0 aliphatic rings. The number of hydrogen-bond acceptors (Lipinski definition) is 3. The third-order valence-electron chi connectivity index (χ3n) is 4.72. The van der Waals surface area contributed by atoms with Crippen LogP contribution in [-0.4, -0.2) is 11.9 Å². The van der Waals surface area contributed by atoms with Crippen LogP contribution in [0.5, 0.6) is 0 Å². The first-order chi connectivity index (χ1) is 13.0. The molecule has 0 aromatic heterocycles. The number of nitrogens with two attached hydrogens (primary N) is 1. The van der Waals surface area contributed by atoms with Crippen molar-refractivity contribution in [1.82, 2.24) is 10.6 Å². The molecule has 0 spiro atoms. The topological polar surface area (TPSA) is 67.1 Å². The maximum atomic E-state index is 13.0. The van der Waals surface area contributed by atoms with Crippen molar-refractivity contribution < 1.29 is 4.79 Å². The quantitative estimate of drug-likeness (QED) is 0.570. The molecule has 3 aromatic carbocycles. The molecular weight excluding hydrogens is 334 g/mol. The lowest BCUT2D eigenvalue weighted by molar-refractivity contribution is 0.0939. The highest BCUT2D eigenvalue weighted by molar-refractivity contribution is 5.97. The fourth-order valence-electron chi connectivity index (χ4n) is 3.25. The predicted molar refractivity (Wildman–Crippen MR) is 113 cm³/mol. The van der Waals surface area contributed by atoms with Crippen molar-refractivity contribution in [3.05, 3.63) is 77.4 Å². The Morgan fingerprint density at radius 2 is 1.74 bits per heavy atom. The summed E-state index contributed by atoms with van der Waals surface area (Å²) in [6, 6.07) is 20.1. The van der Waals surface area contributed by atoms with Crippen molar-refractivity contribution in [2.45, 2.75) is 39.4 Å². The molecule has 0 aliphatic carbocycles. The molecule has 0 unspecified atom stereocenters. The van der Waals surface area contributed by atoms with E-state index in [1.54, 1.807) is 6.07 Å². The average molecular weight is 361 g/mol. The van der Waals surface area contributed by atoms with Crippen molar-refractivity contribution in [3.8, 4) is 0 Å². The fourth-order valence-corrected chi connectivity index (χ4v) is 3.25. The maximum absolute atomic E-state index is 13.0. The van der Waals surface area contributed by atoms with E-state index in [2.05, 4.69) is 48.7 Å². The molecule has 0 bridgehead atoms. The van der Waals surface area contributed by atoms with Crippen LogP contribution < -0.4 is 16.4 Å². The molecule has 3 rings (SSSR count). The molecule has 27 heavy (non-hydrogen) atoms. The van der Waals surface area contributed by atoms with E-state index < -0.39 is 0 Å².